The fourth-order valence-corrected chi connectivity index (χ4v) is 5.58. The highest BCUT2D eigenvalue weighted by atomic mass is 35.5. The van der Waals surface area contributed by atoms with Gasteiger partial charge in [0.15, 0.2) is 0 Å². The van der Waals surface area contributed by atoms with Gasteiger partial charge in [0.25, 0.3) is 0 Å². The fraction of sp³-hybridized carbons (Fsp3) is 0.444. The normalized spacial score (nSPS) is 20.4. The van der Waals surface area contributed by atoms with Gasteiger partial charge in [-0.2, -0.15) is 26.3 Å². The van der Waals surface area contributed by atoms with Gasteiger partial charge in [-0.25, -0.2) is 9.59 Å². The smallest absolute Gasteiger partial charge is 0.334 e. The van der Waals surface area contributed by atoms with Crippen LogP contribution in [-0.2, 0) is 17.1 Å². The molecule has 17 heteroatoms. The number of halogens is 8. The summed E-state index contributed by atoms with van der Waals surface area (Å²) in [5, 5.41) is 8.03. The van der Waals surface area contributed by atoms with Gasteiger partial charge in [0.1, 0.15) is 6.04 Å². The van der Waals surface area contributed by atoms with Crippen LogP contribution in [0.1, 0.15) is 36.8 Å². The average molecular weight is 669 g/mol. The number of urea groups is 2. The number of fused-ring (bicyclic) bond motifs is 1. The Hall–Kier alpha value is -3.43. The van der Waals surface area contributed by atoms with Gasteiger partial charge in [-0.1, -0.05) is 23.2 Å². The lowest BCUT2D eigenvalue weighted by Gasteiger charge is -2.42. The van der Waals surface area contributed by atoms with E-state index >= 15 is 0 Å². The van der Waals surface area contributed by atoms with Crippen LogP contribution in [0.4, 0.5) is 47.3 Å². The molecule has 2 fully saturated rings. The van der Waals surface area contributed by atoms with Gasteiger partial charge in [-0.05, 0) is 68.6 Å². The maximum atomic E-state index is 13.6. The number of nitrogens with two attached hydrogens (primary N) is 1. The molecule has 0 spiro atoms. The second-order valence-electron chi connectivity index (χ2n) is 10.5. The van der Waals surface area contributed by atoms with E-state index in [0.717, 1.165) is 4.90 Å². The van der Waals surface area contributed by atoms with E-state index in [1.807, 2.05) is 0 Å². The number of nitrogens with one attached hydrogen (secondary N) is 3. The van der Waals surface area contributed by atoms with Crippen molar-refractivity contribution in [2.75, 3.05) is 30.3 Å². The van der Waals surface area contributed by atoms with E-state index in [9.17, 15) is 40.7 Å². The van der Waals surface area contributed by atoms with E-state index < -0.39 is 65.3 Å². The molecule has 9 nitrogen and oxygen atoms in total. The quantitative estimate of drug-likeness (QED) is 0.208. The van der Waals surface area contributed by atoms with Crippen LogP contribution >= 0.6 is 23.2 Å². The molecule has 0 saturated carbocycles. The highest BCUT2D eigenvalue weighted by molar-refractivity contribution is 6.42. The molecule has 4 rings (SSSR count). The molecule has 0 aromatic heterocycles. The summed E-state index contributed by atoms with van der Waals surface area (Å²) in [4.78, 5) is 42.1. The van der Waals surface area contributed by atoms with Crippen LogP contribution in [0.5, 0.6) is 0 Å². The maximum Gasteiger partial charge on any atom is 0.416 e. The first-order valence-electron chi connectivity index (χ1n) is 13.5. The van der Waals surface area contributed by atoms with Gasteiger partial charge < -0.3 is 31.5 Å². The summed E-state index contributed by atoms with van der Waals surface area (Å²) in [6, 6.07) is 1.51. The number of carbonyl (C=O) groups is 3. The molecule has 2 aliphatic heterocycles. The number of anilines is 2. The number of hydrogen-bond acceptors (Lipinski definition) is 4. The van der Waals surface area contributed by atoms with Crippen LogP contribution in [-0.4, -0.2) is 65.5 Å². The van der Waals surface area contributed by atoms with Crippen molar-refractivity contribution < 1.29 is 40.7 Å². The first-order valence-corrected chi connectivity index (χ1v) is 14.2. The Morgan fingerprint density at radius 3 is 2.14 bits per heavy atom. The molecule has 0 radical (unpaired) electrons. The zero-order valence-electron chi connectivity index (χ0n) is 22.9. The molecule has 2 aromatic carbocycles. The van der Waals surface area contributed by atoms with E-state index in [1.165, 1.54) is 17.0 Å². The first kappa shape index (κ1) is 33.5. The van der Waals surface area contributed by atoms with E-state index in [1.54, 1.807) is 6.07 Å². The Bertz CT molecular complexity index is 1380. The molecule has 5 amide bonds. The second kappa shape index (κ2) is 13.3. The lowest BCUT2D eigenvalue weighted by molar-refractivity contribution is -0.143. The van der Waals surface area contributed by atoms with Crippen LogP contribution < -0.4 is 21.7 Å². The highest BCUT2D eigenvalue weighted by Crippen LogP contribution is 2.38. The summed E-state index contributed by atoms with van der Waals surface area (Å²) < 4.78 is 80.1. The third kappa shape index (κ3) is 7.99. The summed E-state index contributed by atoms with van der Waals surface area (Å²) in [5.74, 6) is -0.456. The summed E-state index contributed by atoms with van der Waals surface area (Å²) >= 11 is 11.9. The molecule has 2 heterocycles. The Morgan fingerprint density at radius 2 is 1.55 bits per heavy atom. The molecule has 0 aliphatic carbocycles. The number of carbonyl (C=O) groups excluding carboxylic acids is 3. The van der Waals surface area contributed by atoms with Crippen LogP contribution in [0.15, 0.2) is 36.4 Å². The molecule has 240 valence electrons. The van der Waals surface area contributed by atoms with Crippen molar-refractivity contribution in [3.8, 4) is 0 Å². The van der Waals surface area contributed by atoms with E-state index in [-0.39, 0.29) is 37.0 Å². The van der Waals surface area contributed by atoms with Gasteiger partial charge >= 0.3 is 24.4 Å². The SMILES string of the molecule is NCCCC[C@@H]1C(=O)N2C[C@H](NC(=O)Nc3ccc(Cl)c(Cl)c3)C[C@@H]2CN1C(=O)Nc1cc(C(F)(F)F)cc(C(F)(F)F)c1. The zero-order valence-corrected chi connectivity index (χ0v) is 24.4. The number of piperazine rings is 1. The number of amides is 5. The predicted molar refractivity (Wildman–Crippen MR) is 151 cm³/mol. The van der Waals surface area contributed by atoms with Gasteiger partial charge in [0.05, 0.1) is 33.3 Å². The maximum absolute atomic E-state index is 13.6. The zero-order chi connectivity index (χ0) is 32.4. The number of hydrogen-bond donors (Lipinski definition) is 4. The van der Waals surface area contributed by atoms with Crippen molar-refractivity contribution in [2.45, 2.75) is 56.2 Å². The molecule has 5 N–H and O–H groups in total. The number of nitrogens with zero attached hydrogens (tertiary/aromatic N) is 2. The third-order valence-electron chi connectivity index (χ3n) is 7.31. The summed E-state index contributed by atoms with van der Waals surface area (Å²) in [5.41, 5.74) is 2.03. The van der Waals surface area contributed by atoms with Crippen molar-refractivity contribution >= 4 is 52.5 Å². The van der Waals surface area contributed by atoms with E-state index in [0.29, 0.717) is 42.2 Å². The number of benzene rings is 2. The molecule has 0 unspecified atom stereocenters. The van der Waals surface area contributed by atoms with E-state index in [2.05, 4.69) is 16.0 Å². The molecule has 2 saturated heterocycles. The van der Waals surface area contributed by atoms with Gasteiger partial charge in [-0.3, -0.25) is 4.79 Å². The van der Waals surface area contributed by atoms with Crippen LogP contribution in [0.2, 0.25) is 10.0 Å². The topological polar surface area (TPSA) is 120 Å². The lowest BCUT2D eigenvalue weighted by atomic mass is 10.0. The van der Waals surface area contributed by atoms with E-state index in [4.69, 9.17) is 28.9 Å². The minimum atomic E-state index is -5.11. The van der Waals surface area contributed by atoms with Crippen LogP contribution in [0.3, 0.4) is 0 Å². The third-order valence-corrected chi connectivity index (χ3v) is 8.05. The average Bonchev–Trinajstić information content (AvgIpc) is 3.33. The second-order valence-corrected chi connectivity index (χ2v) is 11.3. The highest BCUT2D eigenvalue weighted by Gasteiger charge is 2.47. The number of rotatable bonds is 7. The van der Waals surface area contributed by atoms with Crippen molar-refractivity contribution in [3.05, 3.63) is 57.6 Å². The fourth-order valence-electron chi connectivity index (χ4n) is 5.28. The summed E-state index contributed by atoms with van der Waals surface area (Å²) in [7, 11) is 0. The molecule has 3 atom stereocenters. The largest absolute Gasteiger partial charge is 0.416 e. The molecular formula is C27H28Cl2F6N6O3. The Morgan fingerprint density at radius 1 is 0.886 bits per heavy atom. The molecule has 2 aliphatic rings. The van der Waals surface area contributed by atoms with Gasteiger partial charge in [-0.15, -0.1) is 0 Å². The monoisotopic (exact) mass is 668 g/mol. The predicted octanol–water partition coefficient (Wildman–Crippen LogP) is 6.17. The minimum Gasteiger partial charge on any atom is -0.334 e. The molecule has 2 aromatic rings. The molecule has 44 heavy (non-hydrogen) atoms. The van der Waals surface area contributed by atoms with Gasteiger partial charge in [0.2, 0.25) is 5.91 Å². The standard InChI is InChI=1S/C27H28Cl2F6N6O3/c28-20-5-4-16(11-21(20)29)37-24(43)38-18-10-19-13-41(22(3-1-2-6-36)23(42)40(19)12-18)25(44)39-17-8-14(26(30,31)32)7-15(9-17)27(33,34)35/h4-5,7-9,11,18-19,22H,1-3,6,10,12-13,36H2,(H,39,44)(H2,37,38,43)/t18-,19-,22-/m1/s1. The number of unbranched alkanes of at least 4 members (excludes halogenated alkanes) is 1. The van der Waals surface area contributed by atoms with Crippen molar-refractivity contribution in [1.29, 1.82) is 0 Å². The van der Waals surface area contributed by atoms with Gasteiger partial charge in [0, 0.05) is 24.5 Å². The Balaban J connectivity index is 1.51. The van der Waals surface area contributed by atoms with Crippen LogP contribution in [0, 0.1) is 0 Å². The van der Waals surface area contributed by atoms with Crippen molar-refractivity contribution in [1.82, 2.24) is 15.1 Å². The molecular weight excluding hydrogens is 641 g/mol. The summed E-state index contributed by atoms with van der Waals surface area (Å²) in [6.45, 7) is 0.371. The van der Waals surface area contributed by atoms with Crippen molar-refractivity contribution in [2.24, 2.45) is 5.73 Å². The minimum absolute atomic E-state index is 0.0447. The lowest BCUT2D eigenvalue weighted by Crippen LogP contribution is -2.62. The Kier molecular flexibility index (Phi) is 10.1. The first-order chi connectivity index (χ1) is 20.6. The van der Waals surface area contributed by atoms with Crippen molar-refractivity contribution in [3.63, 3.8) is 0 Å². The Labute approximate surface area is 258 Å². The summed E-state index contributed by atoms with van der Waals surface area (Å²) in [6.07, 6.45) is -8.86. The van der Waals surface area contributed by atoms with Crippen LogP contribution in [0.25, 0.3) is 0 Å². The molecule has 0 bridgehead atoms. The number of alkyl halides is 6.